The SMILES string of the molecule is CC(C)C[C@@H](C(=O)NN)[C@@H](C(=O)NOCc1ccccc1)C(/C=C/c1ccccc1)(CC(C)C)S(=O)(=O)CCCN. The van der Waals surface area contributed by atoms with Gasteiger partial charge in [-0.15, -0.1) is 0 Å². The fourth-order valence-electron chi connectivity index (χ4n) is 5.21. The first-order valence-corrected chi connectivity index (χ1v) is 15.7. The Bertz CT molecular complexity index is 1220. The lowest BCUT2D eigenvalue weighted by Gasteiger charge is -2.42. The number of carbonyl (C=O) groups is 2. The second kappa shape index (κ2) is 16.4. The van der Waals surface area contributed by atoms with Gasteiger partial charge in [-0.25, -0.2) is 19.7 Å². The third-order valence-corrected chi connectivity index (χ3v) is 9.49. The average molecular weight is 587 g/mol. The van der Waals surface area contributed by atoms with Crippen molar-refractivity contribution in [1.82, 2.24) is 10.9 Å². The molecule has 1 unspecified atom stereocenters. The largest absolute Gasteiger partial charge is 0.330 e. The minimum Gasteiger partial charge on any atom is -0.330 e. The van der Waals surface area contributed by atoms with Gasteiger partial charge in [0.1, 0.15) is 4.75 Å². The van der Waals surface area contributed by atoms with E-state index in [-0.39, 0.29) is 50.0 Å². The number of nitrogens with two attached hydrogens (primary N) is 2. The Kier molecular flexibility index (Phi) is 13.7. The van der Waals surface area contributed by atoms with Crippen LogP contribution in [-0.2, 0) is 30.9 Å². The van der Waals surface area contributed by atoms with Gasteiger partial charge in [0, 0.05) is 0 Å². The number of nitrogens with one attached hydrogen (secondary N) is 2. The van der Waals surface area contributed by atoms with Crippen LogP contribution in [0.2, 0.25) is 0 Å². The summed E-state index contributed by atoms with van der Waals surface area (Å²) in [7, 11) is -4.06. The Morgan fingerprint density at radius 2 is 1.56 bits per heavy atom. The Balaban J connectivity index is 2.77. The predicted molar refractivity (Wildman–Crippen MR) is 163 cm³/mol. The van der Waals surface area contributed by atoms with Crippen molar-refractivity contribution >= 4 is 27.7 Å². The zero-order valence-electron chi connectivity index (χ0n) is 24.6. The molecule has 2 aromatic carbocycles. The minimum atomic E-state index is -4.06. The van der Waals surface area contributed by atoms with Crippen molar-refractivity contribution in [1.29, 1.82) is 0 Å². The molecule has 2 rings (SSSR count). The van der Waals surface area contributed by atoms with Crippen LogP contribution in [-0.4, -0.2) is 37.3 Å². The lowest BCUT2D eigenvalue weighted by Crippen LogP contribution is -2.58. The van der Waals surface area contributed by atoms with Crippen molar-refractivity contribution in [3.63, 3.8) is 0 Å². The highest BCUT2D eigenvalue weighted by Gasteiger charge is 2.55. The molecule has 0 aromatic heterocycles. The molecule has 0 aliphatic heterocycles. The molecule has 2 amide bonds. The zero-order valence-corrected chi connectivity index (χ0v) is 25.4. The van der Waals surface area contributed by atoms with E-state index in [1.54, 1.807) is 12.2 Å². The van der Waals surface area contributed by atoms with Crippen molar-refractivity contribution in [2.24, 2.45) is 35.2 Å². The van der Waals surface area contributed by atoms with Gasteiger partial charge in [0.25, 0.3) is 0 Å². The monoisotopic (exact) mass is 586 g/mol. The first-order chi connectivity index (χ1) is 19.5. The molecule has 0 saturated heterocycles. The number of hydrogen-bond acceptors (Lipinski definition) is 7. The standard InChI is InChI=1S/C31H46N4O5S/c1-23(2)20-27(29(36)34-33)28(30(37)35-40-22-26-14-9-6-10-15-26)31(21-24(3)4,41(38,39)19-11-18-32)17-16-25-12-7-5-8-13-25/h5-10,12-17,23-24,27-28H,11,18-22,32-33H2,1-4H3,(H,34,36)(H,35,37)/b17-16+/t27-,28+,31?/m1/s1. The Morgan fingerprint density at radius 1 is 0.951 bits per heavy atom. The number of rotatable bonds is 17. The maximum Gasteiger partial charge on any atom is 0.249 e. The molecule has 0 saturated carbocycles. The maximum atomic E-state index is 14.4. The van der Waals surface area contributed by atoms with Gasteiger partial charge in [0.05, 0.1) is 24.2 Å². The number of hydroxylamine groups is 1. The highest BCUT2D eigenvalue weighted by Crippen LogP contribution is 2.43. The summed E-state index contributed by atoms with van der Waals surface area (Å²) in [6.07, 6.45) is 3.82. The number of amides is 2. The van der Waals surface area contributed by atoms with Crippen molar-refractivity contribution in [2.45, 2.75) is 58.3 Å². The molecule has 226 valence electrons. The third kappa shape index (κ3) is 9.78. The van der Waals surface area contributed by atoms with E-state index in [2.05, 4.69) is 10.9 Å². The molecule has 0 heterocycles. The molecule has 0 radical (unpaired) electrons. The molecule has 3 atom stereocenters. The third-order valence-electron chi connectivity index (χ3n) is 6.95. The van der Waals surface area contributed by atoms with E-state index in [1.165, 1.54) is 0 Å². The molecule has 0 bridgehead atoms. The predicted octanol–water partition coefficient (Wildman–Crippen LogP) is 3.76. The van der Waals surface area contributed by atoms with Gasteiger partial charge in [-0.05, 0) is 48.8 Å². The van der Waals surface area contributed by atoms with E-state index in [0.29, 0.717) is 0 Å². The van der Waals surface area contributed by atoms with Crippen molar-refractivity contribution in [2.75, 3.05) is 12.3 Å². The van der Waals surface area contributed by atoms with Crippen LogP contribution in [0.3, 0.4) is 0 Å². The number of hydrazine groups is 1. The highest BCUT2D eigenvalue weighted by molar-refractivity contribution is 7.93. The minimum absolute atomic E-state index is 0.0422. The van der Waals surface area contributed by atoms with Crippen molar-refractivity contribution in [3.8, 4) is 0 Å². The second-order valence-electron chi connectivity index (χ2n) is 11.2. The summed E-state index contributed by atoms with van der Waals surface area (Å²) >= 11 is 0. The van der Waals surface area contributed by atoms with Crippen LogP contribution in [0.1, 0.15) is 58.1 Å². The van der Waals surface area contributed by atoms with Crippen molar-refractivity contribution < 1.29 is 22.8 Å². The van der Waals surface area contributed by atoms with Gasteiger partial charge in [0.2, 0.25) is 11.8 Å². The summed E-state index contributed by atoms with van der Waals surface area (Å²) < 4.78 is 27.1. The number of sulfone groups is 1. The van der Waals surface area contributed by atoms with E-state index >= 15 is 0 Å². The smallest absolute Gasteiger partial charge is 0.249 e. The molecule has 0 aliphatic carbocycles. The lowest BCUT2D eigenvalue weighted by atomic mass is 9.72. The number of benzene rings is 2. The quantitative estimate of drug-likeness (QED) is 0.125. The van der Waals surface area contributed by atoms with Crippen LogP contribution in [0.25, 0.3) is 6.08 Å². The average Bonchev–Trinajstić information content (AvgIpc) is 2.94. The second-order valence-corrected chi connectivity index (χ2v) is 13.6. The number of hydrogen-bond donors (Lipinski definition) is 4. The fourth-order valence-corrected chi connectivity index (χ4v) is 7.66. The summed E-state index contributed by atoms with van der Waals surface area (Å²) in [5.41, 5.74) is 12.0. The summed E-state index contributed by atoms with van der Waals surface area (Å²) in [6.45, 7) is 7.83. The van der Waals surface area contributed by atoms with E-state index in [9.17, 15) is 18.0 Å². The molecular weight excluding hydrogens is 540 g/mol. The highest BCUT2D eigenvalue weighted by atomic mass is 32.2. The Hall–Kier alpha value is -3.05. The zero-order chi connectivity index (χ0) is 30.5. The molecule has 6 N–H and O–H groups in total. The van der Waals surface area contributed by atoms with Gasteiger partial charge in [-0.2, -0.15) is 0 Å². The van der Waals surface area contributed by atoms with Crippen LogP contribution < -0.4 is 22.5 Å². The summed E-state index contributed by atoms with van der Waals surface area (Å²) in [5.74, 6) is 1.44. The molecule has 0 fully saturated rings. The van der Waals surface area contributed by atoms with Gasteiger partial charge in [0.15, 0.2) is 9.84 Å². The van der Waals surface area contributed by atoms with Crippen molar-refractivity contribution in [3.05, 3.63) is 77.9 Å². The normalized spacial score (nSPS) is 15.0. The van der Waals surface area contributed by atoms with E-state index in [4.69, 9.17) is 16.4 Å². The molecule has 0 aliphatic rings. The Morgan fingerprint density at radius 3 is 2.10 bits per heavy atom. The van der Waals surface area contributed by atoms with E-state index < -0.39 is 38.2 Å². The fraction of sp³-hybridized carbons (Fsp3) is 0.484. The van der Waals surface area contributed by atoms with Gasteiger partial charge in [-0.3, -0.25) is 19.9 Å². The molecule has 0 spiro atoms. The lowest BCUT2D eigenvalue weighted by molar-refractivity contribution is -0.146. The summed E-state index contributed by atoms with van der Waals surface area (Å²) in [5, 5.41) is 0. The van der Waals surface area contributed by atoms with Crippen LogP contribution in [0, 0.1) is 23.7 Å². The molecular formula is C31H46N4O5S. The first-order valence-electron chi connectivity index (χ1n) is 14.1. The van der Waals surface area contributed by atoms with E-state index in [1.807, 2.05) is 88.4 Å². The topological polar surface area (TPSA) is 154 Å². The molecule has 2 aromatic rings. The van der Waals surface area contributed by atoms with Crippen LogP contribution in [0.4, 0.5) is 0 Å². The van der Waals surface area contributed by atoms with Crippen LogP contribution in [0.5, 0.6) is 0 Å². The van der Waals surface area contributed by atoms with Gasteiger partial charge in [-0.1, -0.05) is 101 Å². The van der Waals surface area contributed by atoms with Gasteiger partial charge >= 0.3 is 0 Å². The van der Waals surface area contributed by atoms with Crippen LogP contribution >= 0.6 is 0 Å². The Labute approximate surface area is 244 Å². The molecule has 9 nitrogen and oxygen atoms in total. The van der Waals surface area contributed by atoms with Crippen LogP contribution in [0.15, 0.2) is 66.7 Å². The summed E-state index contributed by atoms with van der Waals surface area (Å²) in [6, 6.07) is 18.5. The molecule has 41 heavy (non-hydrogen) atoms. The van der Waals surface area contributed by atoms with Gasteiger partial charge < -0.3 is 5.73 Å². The first kappa shape index (κ1) is 34.2. The maximum absolute atomic E-state index is 14.4. The molecule has 10 heteroatoms. The summed E-state index contributed by atoms with van der Waals surface area (Å²) in [4.78, 5) is 33.1. The number of carbonyl (C=O) groups excluding carboxylic acids is 2. The van der Waals surface area contributed by atoms with E-state index in [0.717, 1.165) is 11.1 Å².